The molecule has 2 amide bonds. The van der Waals surface area contributed by atoms with E-state index in [-0.39, 0.29) is 22.2 Å². The highest BCUT2D eigenvalue weighted by atomic mass is 35.5. The second kappa shape index (κ2) is 10.5. The minimum atomic E-state index is -0.965. The first-order valence-corrected chi connectivity index (χ1v) is 10.0. The van der Waals surface area contributed by atoms with E-state index in [0.717, 1.165) is 12.0 Å². The predicted octanol–water partition coefficient (Wildman–Crippen LogP) is 2.90. The lowest BCUT2D eigenvalue weighted by molar-refractivity contribution is -0.139. The number of hydrogen-bond acceptors (Lipinski definition) is 4. The van der Waals surface area contributed by atoms with Gasteiger partial charge < -0.3 is 21.5 Å². The minimum absolute atomic E-state index is 0.0669. The van der Waals surface area contributed by atoms with Gasteiger partial charge in [-0.3, -0.25) is 9.59 Å². The largest absolute Gasteiger partial charge is 0.508 e. The van der Waals surface area contributed by atoms with Gasteiger partial charge in [0.25, 0.3) is 0 Å². The topological polar surface area (TPSA) is 110 Å². The average Bonchev–Trinajstić information content (AvgIpc) is 2.67. The van der Waals surface area contributed by atoms with Crippen LogP contribution in [0.3, 0.4) is 0 Å². The van der Waals surface area contributed by atoms with E-state index in [9.17, 15) is 14.7 Å². The fourth-order valence-electron chi connectivity index (χ4n) is 3.05. The van der Waals surface area contributed by atoms with Crippen LogP contribution in [-0.4, -0.2) is 40.4 Å². The molecule has 0 aliphatic carbocycles. The number of hydrogen-bond donors (Lipinski definition) is 3. The summed E-state index contributed by atoms with van der Waals surface area (Å²) in [7, 11) is 0. The maximum Gasteiger partial charge on any atom is 0.240 e. The Morgan fingerprint density at radius 3 is 2.28 bits per heavy atom. The summed E-state index contributed by atoms with van der Waals surface area (Å²) in [5.74, 6) is -1.09. The molecule has 0 aliphatic heterocycles. The molecule has 0 radical (unpaired) electrons. The number of primary amides is 1. The molecule has 0 heterocycles. The molecule has 0 aromatic heterocycles. The zero-order chi connectivity index (χ0) is 21.6. The van der Waals surface area contributed by atoms with E-state index in [1.165, 1.54) is 17.0 Å². The highest BCUT2D eigenvalue weighted by molar-refractivity contribution is 6.36. The molecule has 29 heavy (non-hydrogen) atoms. The summed E-state index contributed by atoms with van der Waals surface area (Å²) in [5, 5.41) is 9.99. The van der Waals surface area contributed by atoms with E-state index in [2.05, 4.69) is 0 Å². The standard InChI is InChI=1S/C21H25Cl2N3O3/c1-13(20(25)28)26(9-5-8-14-6-3-2-4-7-14)21(29)19(24)12-16-17(22)10-15(27)11-18(16)23/h2-4,6-7,10-11,13,19,27H,5,8-9,12,24H2,1H3,(H2,25,28)/t13-,19+/m1/s1. The summed E-state index contributed by atoms with van der Waals surface area (Å²) in [4.78, 5) is 26.1. The smallest absolute Gasteiger partial charge is 0.240 e. The fraction of sp³-hybridized carbons (Fsp3) is 0.333. The third kappa shape index (κ3) is 6.35. The molecule has 2 aromatic rings. The number of phenolic OH excluding ortho intramolecular Hbond substituents is 1. The Morgan fingerprint density at radius 1 is 1.14 bits per heavy atom. The monoisotopic (exact) mass is 437 g/mol. The van der Waals surface area contributed by atoms with Gasteiger partial charge in [0.2, 0.25) is 11.8 Å². The molecule has 2 aromatic carbocycles. The molecule has 2 atom stereocenters. The van der Waals surface area contributed by atoms with E-state index in [1.807, 2.05) is 30.3 Å². The van der Waals surface area contributed by atoms with Gasteiger partial charge in [-0.05, 0) is 49.4 Å². The number of nitrogens with two attached hydrogens (primary N) is 2. The van der Waals surface area contributed by atoms with Crippen molar-refractivity contribution in [3.05, 3.63) is 63.6 Å². The van der Waals surface area contributed by atoms with Crippen molar-refractivity contribution in [2.24, 2.45) is 11.5 Å². The molecule has 0 spiro atoms. The number of carbonyl (C=O) groups is 2. The van der Waals surface area contributed by atoms with Crippen LogP contribution >= 0.6 is 23.2 Å². The van der Waals surface area contributed by atoms with Crippen molar-refractivity contribution in [3.8, 4) is 5.75 Å². The lowest BCUT2D eigenvalue weighted by Crippen LogP contribution is -2.53. The number of nitrogens with zero attached hydrogens (tertiary/aromatic N) is 1. The van der Waals surface area contributed by atoms with E-state index in [4.69, 9.17) is 34.7 Å². The number of rotatable bonds is 9. The van der Waals surface area contributed by atoms with Gasteiger partial charge in [-0.2, -0.15) is 0 Å². The predicted molar refractivity (Wildman–Crippen MR) is 115 cm³/mol. The van der Waals surface area contributed by atoms with Crippen molar-refractivity contribution >= 4 is 35.0 Å². The molecule has 8 heteroatoms. The van der Waals surface area contributed by atoms with Crippen molar-refractivity contribution < 1.29 is 14.7 Å². The third-order valence-corrected chi connectivity index (χ3v) is 5.41. The van der Waals surface area contributed by atoms with Crippen molar-refractivity contribution in [2.75, 3.05) is 6.54 Å². The summed E-state index contributed by atoms with van der Waals surface area (Å²) in [6.45, 7) is 1.92. The summed E-state index contributed by atoms with van der Waals surface area (Å²) in [6, 6.07) is 10.8. The van der Waals surface area contributed by atoms with E-state index < -0.39 is 23.9 Å². The van der Waals surface area contributed by atoms with E-state index >= 15 is 0 Å². The molecule has 0 fully saturated rings. The normalized spacial score (nSPS) is 13.0. The van der Waals surface area contributed by atoms with Crippen LogP contribution in [0.1, 0.15) is 24.5 Å². The van der Waals surface area contributed by atoms with E-state index in [1.54, 1.807) is 6.92 Å². The Morgan fingerprint density at radius 2 is 1.72 bits per heavy atom. The Balaban J connectivity index is 2.10. The highest BCUT2D eigenvalue weighted by Crippen LogP contribution is 2.30. The lowest BCUT2D eigenvalue weighted by atomic mass is 10.0. The Hall–Kier alpha value is -2.28. The molecule has 0 unspecified atom stereocenters. The number of phenols is 1. The van der Waals surface area contributed by atoms with Gasteiger partial charge in [-0.1, -0.05) is 53.5 Å². The van der Waals surface area contributed by atoms with Crippen molar-refractivity contribution in [1.82, 2.24) is 4.90 Å². The van der Waals surface area contributed by atoms with Crippen LogP contribution in [0.25, 0.3) is 0 Å². The number of benzene rings is 2. The zero-order valence-electron chi connectivity index (χ0n) is 16.1. The molecule has 0 saturated carbocycles. The molecule has 0 bridgehead atoms. The third-order valence-electron chi connectivity index (χ3n) is 4.74. The first-order valence-electron chi connectivity index (χ1n) is 9.27. The summed E-state index contributed by atoms with van der Waals surface area (Å²) >= 11 is 12.3. The average molecular weight is 438 g/mol. The first-order chi connectivity index (χ1) is 13.7. The molecular formula is C21H25Cl2N3O3. The van der Waals surface area contributed by atoms with Crippen molar-refractivity contribution in [1.29, 1.82) is 0 Å². The fourth-order valence-corrected chi connectivity index (χ4v) is 3.68. The SMILES string of the molecule is C[C@H](C(N)=O)N(CCCc1ccccc1)C(=O)[C@@H](N)Cc1c(Cl)cc(O)cc1Cl. The molecular weight excluding hydrogens is 413 g/mol. The number of carbonyl (C=O) groups excluding carboxylic acids is 2. The second-order valence-corrected chi connectivity index (χ2v) is 7.71. The quantitative estimate of drug-likeness (QED) is 0.559. The maximum atomic E-state index is 13.0. The molecule has 156 valence electrons. The van der Waals surface area contributed by atoms with Gasteiger partial charge in [-0.25, -0.2) is 0 Å². The van der Waals surface area contributed by atoms with Gasteiger partial charge >= 0.3 is 0 Å². The van der Waals surface area contributed by atoms with Crippen LogP contribution in [0.2, 0.25) is 10.0 Å². The minimum Gasteiger partial charge on any atom is -0.508 e. The molecule has 6 nitrogen and oxygen atoms in total. The molecule has 0 saturated heterocycles. The molecule has 5 N–H and O–H groups in total. The van der Waals surface area contributed by atoms with Gasteiger partial charge in [0, 0.05) is 16.6 Å². The van der Waals surface area contributed by atoms with Crippen LogP contribution in [0.15, 0.2) is 42.5 Å². The highest BCUT2D eigenvalue weighted by Gasteiger charge is 2.29. The van der Waals surface area contributed by atoms with Gasteiger partial charge in [0.15, 0.2) is 0 Å². The summed E-state index contributed by atoms with van der Waals surface area (Å²) < 4.78 is 0. The number of halogens is 2. The Labute approximate surface area is 180 Å². The van der Waals surface area contributed by atoms with Gasteiger partial charge in [0.05, 0.1) is 6.04 Å². The van der Waals surface area contributed by atoms with Crippen molar-refractivity contribution in [2.45, 2.75) is 38.3 Å². The van der Waals surface area contributed by atoms with Crippen LogP contribution in [0, 0.1) is 0 Å². The lowest BCUT2D eigenvalue weighted by Gasteiger charge is -2.30. The summed E-state index contributed by atoms with van der Waals surface area (Å²) in [6.07, 6.45) is 1.47. The zero-order valence-corrected chi connectivity index (χ0v) is 17.7. The Bertz CT molecular complexity index is 838. The number of amides is 2. The maximum absolute atomic E-state index is 13.0. The van der Waals surface area contributed by atoms with Crippen LogP contribution in [-0.2, 0) is 22.4 Å². The van der Waals surface area contributed by atoms with E-state index in [0.29, 0.717) is 18.5 Å². The Kier molecular flexibility index (Phi) is 8.32. The summed E-state index contributed by atoms with van der Waals surface area (Å²) in [5.41, 5.74) is 13.2. The number of aromatic hydroxyl groups is 1. The first kappa shape index (κ1) is 23.0. The van der Waals surface area contributed by atoms with Gasteiger partial charge in [0.1, 0.15) is 11.8 Å². The van der Waals surface area contributed by atoms with Crippen molar-refractivity contribution in [3.63, 3.8) is 0 Å². The van der Waals surface area contributed by atoms with Crippen LogP contribution in [0.5, 0.6) is 5.75 Å². The molecule has 2 rings (SSSR count). The van der Waals surface area contributed by atoms with Crippen LogP contribution in [0.4, 0.5) is 0 Å². The van der Waals surface area contributed by atoms with Crippen LogP contribution < -0.4 is 11.5 Å². The number of aryl methyl sites for hydroxylation is 1. The second-order valence-electron chi connectivity index (χ2n) is 6.90. The molecule has 0 aliphatic rings. The van der Waals surface area contributed by atoms with Gasteiger partial charge in [-0.15, -0.1) is 0 Å².